The average Bonchev–Trinajstić information content (AvgIpc) is 2.73. The van der Waals surface area contributed by atoms with Crippen molar-refractivity contribution in [3.63, 3.8) is 0 Å². The van der Waals surface area contributed by atoms with Crippen molar-refractivity contribution in [1.82, 2.24) is 4.98 Å². The van der Waals surface area contributed by atoms with E-state index in [4.69, 9.17) is 4.42 Å². The quantitative estimate of drug-likeness (QED) is 0.448. The van der Waals surface area contributed by atoms with E-state index < -0.39 is 0 Å². The Morgan fingerprint density at radius 2 is 1.78 bits per heavy atom. The van der Waals surface area contributed by atoms with Crippen LogP contribution in [0.5, 0.6) is 0 Å². The van der Waals surface area contributed by atoms with Crippen LogP contribution in [-0.2, 0) is 0 Å². The molecule has 0 unspecified atom stereocenters. The van der Waals surface area contributed by atoms with Crippen molar-refractivity contribution >= 4 is 32.8 Å². The molecule has 2 heterocycles. The Balaban J connectivity index is 2.23. The summed E-state index contributed by atoms with van der Waals surface area (Å²) < 4.78 is 5.86. The van der Waals surface area contributed by atoms with Gasteiger partial charge in [0.15, 0.2) is 0 Å². The summed E-state index contributed by atoms with van der Waals surface area (Å²) >= 11 is 0. The highest BCUT2D eigenvalue weighted by Gasteiger charge is 2.07. The van der Waals surface area contributed by atoms with Crippen LogP contribution in [0.2, 0.25) is 0 Å². The van der Waals surface area contributed by atoms with Crippen LogP contribution < -0.4 is 0 Å². The fraction of sp³-hybridized carbons (Fsp3) is 0.0625. The minimum atomic E-state index is 0.904. The second-order valence-electron chi connectivity index (χ2n) is 4.59. The summed E-state index contributed by atoms with van der Waals surface area (Å²) in [5.74, 6) is 0. The lowest BCUT2D eigenvalue weighted by atomic mass is 10.1. The lowest BCUT2D eigenvalue weighted by Gasteiger charge is -1.98. The lowest BCUT2D eigenvalue weighted by Crippen LogP contribution is -1.82. The summed E-state index contributed by atoms with van der Waals surface area (Å²) in [5.41, 5.74) is 3.85. The number of aryl methyl sites for hydroxylation is 1. The van der Waals surface area contributed by atoms with Crippen LogP contribution in [-0.4, -0.2) is 4.98 Å². The molecule has 0 saturated heterocycles. The molecule has 86 valence electrons. The molecule has 2 nitrogen and oxygen atoms in total. The first kappa shape index (κ1) is 9.66. The number of aromatic nitrogens is 1. The van der Waals surface area contributed by atoms with E-state index in [1.54, 1.807) is 0 Å². The van der Waals surface area contributed by atoms with E-state index in [-0.39, 0.29) is 0 Å². The smallest absolute Gasteiger partial charge is 0.137 e. The fourth-order valence-electron chi connectivity index (χ4n) is 2.45. The van der Waals surface area contributed by atoms with Crippen LogP contribution >= 0.6 is 0 Å². The third-order valence-electron chi connectivity index (χ3n) is 3.33. The number of pyridine rings is 1. The maximum Gasteiger partial charge on any atom is 0.137 e. The number of furan rings is 1. The Morgan fingerprint density at radius 1 is 0.889 bits per heavy atom. The molecule has 0 bridgehead atoms. The van der Waals surface area contributed by atoms with E-state index in [1.807, 2.05) is 37.3 Å². The van der Waals surface area contributed by atoms with Gasteiger partial charge in [-0.3, -0.25) is 4.98 Å². The van der Waals surface area contributed by atoms with E-state index in [0.29, 0.717) is 0 Å². The summed E-state index contributed by atoms with van der Waals surface area (Å²) in [6.07, 6.45) is 0. The SMILES string of the molecule is Cc1ccc2cc3c(cc2n1)oc1ccccc13. The standard InChI is InChI=1S/C16H11NO/c1-10-6-7-11-8-13-12-4-2-3-5-15(12)18-16(13)9-14(11)17-10/h2-9H,1H3. The first-order chi connectivity index (χ1) is 8.81. The normalized spacial score (nSPS) is 11.6. The van der Waals surface area contributed by atoms with Crippen molar-refractivity contribution in [2.24, 2.45) is 0 Å². The van der Waals surface area contributed by atoms with Crippen LogP contribution in [0.3, 0.4) is 0 Å². The van der Waals surface area contributed by atoms with Gasteiger partial charge in [0.1, 0.15) is 11.2 Å². The van der Waals surface area contributed by atoms with Gasteiger partial charge in [-0.25, -0.2) is 0 Å². The minimum Gasteiger partial charge on any atom is -0.456 e. The number of para-hydroxylation sites is 1. The van der Waals surface area contributed by atoms with Crippen molar-refractivity contribution in [2.45, 2.75) is 6.92 Å². The summed E-state index contributed by atoms with van der Waals surface area (Å²) in [6, 6.07) is 16.4. The van der Waals surface area contributed by atoms with Gasteiger partial charge in [0.05, 0.1) is 5.52 Å². The molecule has 0 N–H and O–H groups in total. The Hall–Kier alpha value is -2.35. The Bertz CT molecular complexity index is 889. The van der Waals surface area contributed by atoms with Gasteiger partial charge in [0, 0.05) is 27.9 Å². The molecule has 2 aromatic carbocycles. The second kappa shape index (κ2) is 3.33. The number of hydrogen-bond donors (Lipinski definition) is 0. The Labute approximate surface area is 104 Å². The van der Waals surface area contributed by atoms with Crippen molar-refractivity contribution in [1.29, 1.82) is 0 Å². The summed E-state index contributed by atoms with van der Waals surface area (Å²) in [4.78, 5) is 4.54. The van der Waals surface area contributed by atoms with Gasteiger partial charge in [0.25, 0.3) is 0 Å². The highest BCUT2D eigenvalue weighted by atomic mass is 16.3. The van der Waals surface area contributed by atoms with E-state index in [1.165, 1.54) is 0 Å². The predicted octanol–water partition coefficient (Wildman–Crippen LogP) is 4.44. The zero-order valence-corrected chi connectivity index (χ0v) is 9.97. The molecular weight excluding hydrogens is 222 g/mol. The molecule has 0 spiro atoms. The van der Waals surface area contributed by atoms with Gasteiger partial charge in [-0.05, 0) is 25.1 Å². The minimum absolute atomic E-state index is 0.904. The molecule has 0 aliphatic heterocycles. The first-order valence-corrected chi connectivity index (χ1v) is 6.00. The molecule has 0 atom stereocenters. The lowest BCUT2D eigenvalue weighted by molar-refractivity contribution is 0.669. The first-order valence-electron chi connectivity index (χ1n) is 6.00. The van der Waals surface area contributed by atoms with Crippen LogP contribution in [0, 0.1) is 6.92 Å². The topological polar surface area (TPSA) is 26.0 Å². The van der Waals surface area contributed by atoms with Crippen molar-refractivity contribution in [3.05, 3.63) is 54.2 Å². The summed E-state index contributed by atoms with van der Waals surface area (Å²) in [6.45, 7) is 2.00. The molecule has 18 heavy (non-hydrogen) atoms. The van der Waals surface area contributed by atoms with E-state index in [2.05, 4.69) is 23.2 Å². The third kappa shape index (κ3) is 1.26. The van der Waals surface area contributed by atoms with Crippen molar-refractivity contribution < 1.29 is 4.42 Å². The molecule has 2 aromatic heterocycles. The van der Waals surface area contributed by atoms with E-state index in [9.17, 15) is 0 Å². The zero-order valence-electron chi connectivity index (χ0n) is 9.97. The van der Waals surface area contributed by atoms with E-state index >= 15 is 0 Å². The van der Waals surface area contributed by atoms with Crippen molar-refractivity contribution in [3.8, 4) is 0 Å². The average molecular weight is 233 g/mol. The molecular formula is C16H11NO. The van der Waals surface area contributed by atoms with Crippen LogP contribution in [0.25, 0.3) is 32.8 Å². The Kier molecular flexibility index (Phi) is 1.78. The van der Waals surface area contributed by atoms with E-state index in [0.717, 1.165) is 38.5 Å². The van der Waals surface area contributed by atoms with Gasteiger partial charge < -0.3 is 4.42 Å². The molecule has 0 aliphatic rings. The molecule has 0 amide bonds. The Morgan fingerprint density at radius 3 is 2.72 bits per heavy atom. The van der Waals surface area contributed by atoms with Gasteiger partial charge in [0.2, 0.25) is 0 Å². The molecule has 4 aromatic rings. The number of nitrogens with zero attached hydrogens (tertiary/aromatic N) is 1. The maximum atomic E-state index is 5.86. The molecule has 0 fully saturated rings. The van der Waals surface area contributed by atoms with Crippen LogP contribution in [0.1, 0.15) is 5.69 Å². The fourth-order valence-corrected chi connectivity index (χ4v) is 2.45. The van der Waals surface area contributed by atoms with Crippen molar-refractivity contribution in [2.75, 3.05) is 0 Å². The number of rotatable bonds is 0. The van der Waals surface area contributed by atoms with Gasteiger partial charge in [-0.15, -0.1) is 0 Å². The molecule has 0 saturated carbocycles. The third-order valence-corrected chi connectivity index (χ3v) is 3.33. The highest BCUT2D eigenvalue weighted by molar-refractivity contribution is 6.09. The maximum absolute atomic E-state index is 5.86. The summed E-state index contributed by atoms with van der Waals surface area (Å²) in [5, 5.41) is 3.47. The van der Waals surface area contributed by atoms with Gasteiger partial charge >= 0.3 is 0 Å². The van der Waals surface area contributed by atoms with Gasteiger partial charge in [-0.2, -0.15) is 0 Å². The zero-order chi connectivity index (χ0) is 12.1. The molecule has 0 aliphatic carbocycles. The monoisotopic (exact) mass is 233 g/mol. The molecule has 0 radical (unpaired) electrons. The second-order valence-corrected chi connectivity index (χ2v) is 4.59. The predicted molar refractivity (Wildman–Crippen MR) is 73.8 cm³/mol. The molecule has 2 heteroatoms. The van der Waals surface area contributed by atoms with Crippen LogP contribution in [0.4, 0.5) is 0 Å². The summed E-state index contributed by atoms with van der Waals surface area (Å²) in [7, 11) is 0. The number of hydrogen-bond acceptors (Lipinski definition) is 2. The highest BCUT2D eigenvalue weighted by Crippen LogP contribution is 2.31. The van der Waals surface area contributed by atoms with Gasteiger partial charge in [-0.1, -0.05) is 24.3 Å². The largest absolute Gasteiger partial charge is 0.456 e. The number of fused-ring (bicyclic) bond motifs is 4. The molecule has 4 rings (SSSR count). The number of benzene rings is 2. The van der Waals surface area contributed by atoms with Crippen LogP contribution in [0.15, 0.2) is 52.9 Å².